The lowest BCUT2D eigenvalue weighted by Gasteiger charge is -2.08. The second kappa shape index (κ2) is 8.96. The number of methoxy groups -OCH3 is 1. The van der Waals surface area contributed by atoms with E-state index >= 15 is 0 Å². The van der Waals surface area contributed by atoms with Gasteiger partial charge in [0, 0.05) is 13.1 Å². The van der Waals surface area contributed by atoms with E-state index in [1.54, 1.807) is 24.3 Å². The molecule has 5 nitrogen and oxygen atoms in total. The molecule has 0 heterocycles. The largest absolute Gasteiger partial charge is 0.465 e. The minimum absolute atomic E-state index is 0.168. The van der Waals surface area contributed by atoms with E-state index in [1.807, 2.05) is 0 Å². The highest BCUT2D eigenvalue weighted by molar-refractivity contribution is 5.89. The molecule has 1 aromatic carbocycles. The van der Waals surface area contributed by atoms with Crippen LogP contribution in [-0.4, -0.2) is 25.7 Å². The Balaban J connectivity index is 2.31. The van der Waals surface area contributed by atoms with Gasteiger partial charge in [0.1, 0.15) is 0 Å². The minimum Gasteiger partial charge on any atom is -0.465 e. The Hall–Kier alpha value is -2.04. The Kier molecular flexibility index (Phi) is 7.17. The summed E-state index contributed by atoms with van der Waals surface area (Å²) >= 11 is 0. The number of ether oxygens (including phenoxy) is 1. The van der Waals surface area contributed by atoms with Crippen molar-refractivity contribution in [2.45, 2.75) is 32.7 Å². The normalized spacial score (nSPS) is 9.90. The van der Waals surface area contributed by atoms with Crippen LogP contribution in [-0.2, 0) is 11.3 Å². The van der Waals surface area contributed by atoms with Crippen LogP contribution in [0, 0.1) is 0 Å². The van der Waals surface area contributed by atoms with Crippen LogP contribution >= 0.6 is 0 Å². The van der Waals surface area contributed by atoms with Gasteiger partial charge in [-0.05, 0) is 24.1 Å². The highest BCUT2D eigenvalue weighted by atomic mass is 16.5. The van der Waals surface area contributed by atoms with E-state index in [1.165, 1.54) is 7.11 Å². The Morgan fingerprint density at radius 1 is 1.10 bits per heavy atom. The molecule has 0 saturated heterocycles. The maximum absolute atomic E-state index is 11.5. The molecule has 0 radical (unpaired) electrons. The zero-order valence-electron chi connectivity index (χ0n) is 12.1. The molecule has 0 aromatic heterocycles. The van der Waals surface area contributed by atoms with E-state index in [4.69, 9.17) is 0 Å². The van der Waals surface area contributed by atoms with E-state index in [9.17, 15) is 9.59 Å². The van der Waals surface area contributed by atoms with Crippen LogP contribution in [0.4, 0.5) is 4.79 Å². The molecule has 0 spiro atoms. The van der Waals surface area contributed by atoms with Crippen molar-refractivity contribution < 1.29 is 14.3 Å². The molecule has 0 bridgehead atoms. The van der Waals surface area contributed by atoms with Gasteiger partial charge in [-0.15, -0.1) is 0 Å². The summed E-state index contributed by atoms with van der Waals surface area (Å²) in [6, 6.07) is 6.79. The van der Waals surface area contributed by atoms with Crippen LogP contribution in [0.1, 0.15) is 42.1 Å². The molecule has 5 heteroatoms. The SMILES string of the molecule is CCCCCNC(=O)NCc1ccc(C(=O)OC)cc1. The minimum atomic E-state index is -0.363. The first kappa shape index (κ1) is 16.0. The number of amides is 2. The van der Waals surface area contributed by atoms with E-state index in [0.29, 0.717) is 18.7 Å². The van der Waals surface area contributed by atoms with Gasteiger partial charge in [-0.25, -0.2) is 9.59 Å². The second-order valence-corrected chi connectivity index (χ2v) is 4.51. The first-order valence-corrected chi connectivity index (χ1v) is 6.86. The number of benzene rings is 1. The molecule has 0 fully saturated rings. The number of carbonyl (C=O) groups is 2. The van der Waals surface area contributed by atoms with Crippen molar-refractivity contribution in [2.75, 3.05) is 13.7 Å². The molecule has 20 heavy (non-hydrogen) atoms. The van der Waals surface area contributed by atoms with Crippen molar-refractivity contribution in [1.29, 1.82) is 0 Å². The molecule has 1 aromatic rings. The summed E-state index contributed by atoms with van der Waals surface area (Å²) in [6.45, 7) is 3.25. The summed E-state index contributed by atoms with van der Waals surface area (Å²) in [7, 11) is 1.35. The maximum Gasteiger partial charge on any atom is 0.337 e. The van der Waals surface area contributed by atoms with Crippen LogP contribution in [0.5, 0.6) is 0 Å². The summed E-state index contributed by atoms with van der Waals surface area (Å²) in [5.74, 6) is -0.363. The molecule has 1 rings (SSSR count). The average molecular weight is 278 g/mol. The number of nitrogens with one attached hydrogen (secondary N) is 2. The van der Waals surface area contributed by atoms with Crippen LogP contribution in [0.3, 0.4) is 0 Å². The predicted octanol–water partition coefficient (Wildman–Crippen LogP) is 2.46. The smallest absolute Gasteiger partial charge is 0.337 e. The Labute approximate surface area is 119 Å². The van der Waals surface area contributed by atoms with E-state index in [2.05, 4.69) is 22.3 Å². The van der Waals surface area contributed by atoms with Crippen molar-refractivity contribution in [3.8, 4) is 0 Å². The summed E-state index contributed by atoms with van der Waals surface area (Å²) in [6.07, 6.45) is 3.25. The molecule has 0 atom stereocenters. The van der Waals surface area contributed by atoms with Crippen molar-refractivity contribution in [3.05, 3.63) is 35.4 Å². The summed E-state index contributed by atoms with van der Waals surface area (Å²) in [5.41, 5.74) is 1.43. The molecule has 0 saturated carbocycles. The second-order valence-electron chi connectivity index (χ2n) is 4.51. The first-order chi connectivity index (χ1) is 9.67. The van der Waals surface area contributed by atoms with Crippen molar-refractivity contribution in [3.63, 3.8) is 0 Å². The van der Waals surface area contributed by atoms with Gasteiger partial charge in [0.2, 0.25) is 0 Å². The standard InChI is InChI=1S/C15H22N2O3/c1-3-4-5-10-16-15(19)17-11-12-6-8-13(9-7-12)14(18)20-2/h6-9H,3-5,10-11H2,1-2H3,(H2,16,17,19). The maximum atomic E-state index is 11.5. The van der Waals surface area contributed by atoms with Gasteiger partial charge in [-0.2, -0.15) is 0 Å². The van der Waals surface area contributed by atoms with Crippen LogP contribution in [0.2, 0.25) is 0 Å². The monoisotopic (exact) mass is 278 g/mol. The highest BCUT2D eigenvalue weighted by Gasteiger charge is 2.05. The Morgan fingerprint density at radius 3 is 2.40 bits per heavy atom. The third kappa shape index (κ3) is 5.73. The molecule has 2 amide bonds. The molecular weight excluding hydrogens is 256 g/mol. The fraction of sp³-hybridized carbons (Fsp3) is 0.467. The van der Waals surface area contributed by atoms with Crippen LogP contribution in [0.25, 0.3) is 0 Å². The molecule has 0 aliphatic heterocycles. The van der Waals surface area contributed by atoms with Gasteiger partial charge in [-0.1, -0.05) is 31.9 Å². The lowest BCUT2D eigenvalue weighted by Crippen LogP contribution is -2.35. The quantitative estimate of drug-likeness (QED) is 0.594. The molecule has 0 unspecified atom stereocenters. The summed E-state index contributed by atoms with van der Waals surface area (Å²) in [4.78, 5) is 22.8. The molecule has 110 valence electrons. The third-order valence-corrected chi connectivity index (χ3v) is 2.89. The number of esters is 1. The number of rotatable bonds is 7. The van der Waals surface area contributed by atoms with Crippen LogP contribution < -0.4 is 10.6 Å². The van der Waals surface area contributed by atoms with Crippen molar-refractivity contribution in [1.82, 2.24) is 10.6 Å². The number of hydrogen-bond donors (Lipinski definition) is 2. The van der Waals surface area contributed by atoms with Gasteiger partial charge in [-0.3, -0.25) is 0 Å². The molecular formula is C15H22N2O3. The van der Waals surface area contributed by atoms with Crippen molar-refractivity contribution >= 4 is 12.0 Å². The van der Waals surface area contributed by atoms with Gasteiger partial charge >= 0.3 is 12.0 Å². The lowest BCUT2D eigenvalue weighted by molar-refractivity contribution is 0.0600. The summed E-state index contributed by atoms with van der Waals surface area (Å²) < 4.78 is 4.62. The molecule has 0 aliphatic rings. The van der Waals surface area contributed by atoms with Crippen LogP contribution in [0.15, 0.2) is 24.3 Å². The fourth-order valence-corrected chi connectivity index (χ4v) is 1.70. The van der Waals surface area contributed by atoms with E-state index < -0.39 is 0 Å². The highest BCUT2D eigenvalue weighted by Crippen LogP contribution is 2.05. The average Bonchev–Trinajstić information content (AvgIpc) is 2.49. The topological polar surface area (TPSA) is 67.4 Å². The Bertz CT molecular complexity index is 429. The predicted molar refractivity (Wildman–Crippen MR) is 77.5 cm³/mol. The molecule has 0 aliphatic carbocycles. The summed E-state index contributed by atoms with van der Waals surface area (Å²) in [5, 5.41) is 5.57. The van der Waals surface area contributed by atoms with Gasteiger partial charge in [0.05, 0.1) is 12.7 Å². The number of hydrogen-bond acceptors (Lipinski definition) is 3. The third-order valence-electron chi connectivity index (χ3n) is 2.89. The Morgan fingerprint density at radius 2 is 1.80 bits per heavy atom. The molecule has 2 N–H and O–H groups in total. The zero-order valence-corrected chi connectivity index (χ0v) is 12.1. The number of unbranched alkanes of at least 4 members (excludes halogenated alkanes) is 2. The number of carbonyl (C=O) groups excluding carboxylic acids is 2. The van der Waals surface area contributed by atoms with Gasteiger partial charge in [0.25, 0.3) is 0 Å². The fourth-order valence-electron chi connectivity index (χ4n) is 1.70. The zero-order chi connectivity index (χ0) is 14.8. The first-order valence-electron chi connectivity index (χ1n) is 6.86. The van der Waals surface area contributed by atoms with E-state index in [-0.39, 0.29) is 12.0 Å². The number of urea groups is 1. The lowest BCUT2D eigenvalue weighted by atomic mass is 10.1. The van der Waals surface area contributed by atoms with Gasteiger partial charge < -0.3 is 15.4 Å². The van der Waals surface area contributed by atoms with E-state index in [0.717, 1.165) is 24.8 Å². The van der Waals surface area contributed by atoms with Crippen molar-refractivity contribution in [2.24, 2.45) is 0 Å². The van der Waals surface area contributed by atoms with Gasteiger partial charge in [0.15, 0.2) is 0 Å².